The number of hydrogen-bond acceptors (Lipinski definition) is 5. The molecule has 3 heterocycles. The molecular formula is C24H21FN6O. The molecule has 0 aliphatic rings. The van der Waals surface area contributed by atoms with Crippen LogP contribution in [-0.4, -0.2) is 31.2 Å². The summed E-state index contributed by atoms with van der Waals surface area (Å²) >= 11 is 0. The number of benzene rings is 2. The lowest BCUT2D eigenvalue weighted by atomic mass is 10.2. The molecule has 5 rings (SSSR count). The monoisotopic (exact) mass is 428 g/mol. The minimum Gasteiger partial charge on any atom is -0.494 e. The van der Waals surface area contributed by atoms with E-state index in [1.54, 1.807) is 31.8 Å². The molecule has 0 unspecified atom stereocenters. The lowest BCUT2D eigenvalue weighted by Crippen LogP contribution is -1.99. The molecule has 3 aromatic heterocycles. The van der Waals surface area contributed by atoms with Crippen LogP contribution >= 0.6 is 0 Å². The third-order valence-electron chi connectivity index (χ3n) is 5.33. The highest BCUT2D eigenvalue weighted by molar-refractivity contribution is 5.90. The van der Waals surface area contributed by atoms with E-state index in [0.717, 1.165) is 39.5 Å². The maximum Gasteiger partial charge on any atom is 0.158 e. The summed E-state index contributed by atoms with van der Waals surface area (Å²) in [6, 6.07) is 14.0. The summed E-state index contributed by atoms with van der Waals surface area (Å²) in [6.45, 7) is 1.94. The lowest BCUT2D eigenvalue weighted by molar-refractivity contribution is 0.413. The Hall–Kier alpha value is -4.20. The molecule has 2 aromatic carbocycles. The fourth-order valence-corrected chi connectivity index (χ4v) is 3.73. The van der Waals surface area contributed by atoms with Gasteiger partial charge in [0.05, 0.1) is 30.3 Å². The minimum atomic E-state index is -0.278. The Balaban J connectivity index is 1.53. The van der Waals surface area contributed by atoms with Crippen molar-refractivity contribution in [2.24, 2.45) is 7.05 Å². The molecule has 0 aliphatic carbocycles. The quantitative estimate of drug-likeness (QED) is 0.426. The van der Waals surface area contributed by atoms with Crippen LogP contribution in [-0.2, 0) is 7.05 Å². The average molecular weight is 428 g/mol. The molecule has 7 nitrogen and oxygen atoms in total. The Kier molecular flexibility index (Phi) is 4.82. The topological polar surface area (TPSA) is 69.8 Å². The van der Waals surface area contributed by atoms with Gasteiger partial charge < -0.3 is 19.2 Å². The van der Waals surface area contributed by atoms with E-state index in [1.807, 2.05) is 53.6 Å². The van der Waals surface area contributed by atoms with E-state index in [2.05, 4.69) is 15.3 Å². The van der Waals surface area contributed by atoms with Gasteiger partial charge in [0, 0.05) is 36.8 Å². The van der Waals surface area contributed by atoms with E-state index < -0.39 is 0 Å². The first kappa shape index (κ1) is 19.7. The van der Waals surface area contributed by atoms with Gasteiger partial charge in [-0.05, 0) is 49.4 Å². The maximum absolute atomic E-state index is 13.4. The Labute approximate surface area is 184 Å². The van der Waals surface area contributed by atoms with Crippen LogP contribution in [0.3, 0.4) is 0 Å². The second-order valence-corrected chi connectivity index (χ2v) is 7.46. The molecule has 0 fully saturated rings. The van der Waals surface area contributed by atoms with Gasteiger partial charge in [0.15, 0.2) is 5.82 Å². The number of imidazole rings is 2. The summed E-state index contributed by atoms with van der Waals surface area (Å²) in [5.41, 5.74) is 5.11. The molecule has 0 amide bonds. The normalized spacial score (nSPS) is 11.1. The van der Waals surface area contributed by atoms with E-state index in [9.17, 15) is 4.39 Å². The highest BCUT2D eigenvalue weighted by Gasteiger charge is 2.15. The number of aromatic nitrogens is 5. The number of rotatable bonds is 5. The van der Waals surface area contributed by atoms with Crippen LogP contribution < -0.4 is 10.1 Å². The number of anilines is 2. The number of pyridine rings is 1. The second-order valence-electron chi connectivity index (χ2n) is 7.46. The van der Waals surface area contributed by atoms with E-state index in [4.69, 9.17) is 9.72 Å². The van der Waals surface area contributed by atoms with Gasteiger partial charge in [-0.2, -0.15) is 0 Å². The summed E-state index contributed by atoms with van der Waals surface area (Å²) in [6.07, 6.45) is 5.44. The van der Waals surface area contributed by atoms with Crippen molar-refractivity contribution in [2.45, 2.75) is 6.92 Å². The molecule has 1 N–H and O–H groups in total. The molecule has 0 saturated carbocycles. The van der Waals surface area contributed by atoms with E-state index >= 15 is 0 Å². The zero-order chi connectivity index (χ0) is 22.2. The number of nitrogens with zero attached hydrogens (tertiary/aromatic N) is 5. The fourth-order valence-electron chi connectivity index (χ4n) is 3.73. The van der Waals surface area contributed by atoms with Crippen molar-refractivity contribution in [3.05, 3.63) is 78.8 Å². The van der Waals surface area contributed by atoms with Crippen LogP contribution in [0.25, 0.3) is 28.1 Å². The van der Waals surface area contributed by atoms with Gasteiger partial charge in [0.25, 0.3) is 0 Å². The fraction of sp³-hybridized carbons (Fsp3) is 0.125. The van der Waals surface area contributed by atoms with Crippen molar-refractivity contribution in [3.63, 3.8) is 0 Å². The molecule has 0 saturated heterocycles. The van der Waals surface area contributed by atoms with Crippen LogP contribution in [0.5, 0.6) is 5.75 Å². The molecule has 160 valence electrons. The number of nitrogens with one attached hydrogen (secondary N) is 1. The molecule has 5 aromatic rings. The Morgan fingerprint density at radius 2 is 1.84 bits per heavy atom. The van der Waals surface area contributed by atoms with Gasteiger partial charge in [-0.15, -0.1) is 0 Å². The number of halogens is 1. The lowest BCUT2D eigenvalue weighted by Gasteiger charge is -2.12. The van der Waals surface area contributed by atoms with Crippen LogP contribution in [0, 0.1) is 12.7 Å². The first-order chi connectivity index (χ1) is 15.5. The maximum atomic E-state index is 13.4. The molecule has 0 bridgehead atoms. The summed E-state index contributed by atoms with van der Waals surface area (Å²) in [4.78, 5) is 13.6. The number of aryl methyl sites for hydroxylation is 2. The van der Waals surface area contributed by atoms with Crippen LogP contribution in [0.2, 0.25) is 0 Å². The molecule has 8 heteroatoms. The van der Waals surface area contributed by atoms with Gasteiger partial charge in [-0.3, -0.25) is 0 Å². The van der Waals surface area contributed by atoms with Gasteiger partial charge >= 0.3 is 0 Å². The van der Waals surface area contributed by atoms with Crippen molar-refractivity contribution in [1.29, 1.82) is 0 Å². The second kappa shape index (κ2) is 7.81. The largest absolute Gasteiger partial charge is 0.494 e. The first-order valence-electron chi connectivity index (χ1n) is 10.1. The van der Waals surface area contributed by atoms with Crippen molar-refractivity contribution >= 4 is 22.5 Å². The Bertz CT molecular complexity index is 1420. The SMILES string of the molecule is COc1cc(Nc2nccc3c2nc(-c2ccc(F)cc2)n3C)ccc1-n1cnc(C)c1. The van der Waals surface area contributed by atoms with Crippen LogP contribution in [0.15, 0.2) is 67.3 Å². The Morgan fingerprint density at radius 1 is 1.03 bits per heavy atom. The Morgan fingerprint density at radius 3 is 2.56 bits per heavy atom. The van der Waals surface area contributed by atoms with Crippen molar-refractivity contribution in [1.82, 2.24) is 24.1 Å². The van der Waals surface area contributed by atoms with Crippen molar-refractivity contribution in [2.75, 3.05) is 12.4 Å². The van der Waals surface area contributed by atoms with Crippen LogP contribution in [0.1, 0.15) is 5.69 Å². The summed E-state index contributed by atoms with van der Waals surface area (Å²) < 4.78 is 22.9. The number of methoxy groups -OCH3 is 1. The van der Waals surface area contributed by atoms with Gasteiger partial charge in [-0.1, -0.05) is 0 Å². The zero-order valence-electron chi connectivity index (χ0n) is 17.9. The summed E-state index contributed by atoms with van der Waals surface area (Å²) in [5.74, 6) is 1.78. The van der Waals surface area contributed by atoms with Crippen molar-refractivity contribution in [3.8, 4) is 22.8 Å². The first-order valence-corrected chi connectivity index (χ1v) is 10.1. The summed E-state index contributed by atoms with van der Waals surface area (Å²) in [5, 5.41) is 3.35. The smallest absolute Gasteiger partial charge is 0.158 e. The molecule has 0 radical (unpaired) electrons. The minimum absolute atomic E-state index is 0.278. The zero-order valence-corrected chi connectivity index (χ0v) is 17.9. The van der Waals surface area contributed by atoms with Gasteiger partial charge in [0.1, 0.15) is 22.9 Å². The molecular weight excluding hydrogens is 407 g/mol. The number of hydrogen-bond donors (Lipinski definition) is 1. The third kappa shape index (κ3) is 3.45. The third-order valence-corrected chi connectivity index (χ3v) is 5.33. The average Bonchev–Trinajstić information content (AvgIpc) is 3.38. The number of ether oxygens (including phenoxy) is 1. The molecule has 0 aliphatic heterocycles. The molecule has 0 atom stereocenters. The van der Waals surface area contributed by atoms with E-state index in [-0.39, 0.29) is 5.82 Å². The summed E-state index contributed by atoms with van der Waals surface area (Å²) in [7, 11) is 3.57. The van der Waals surface area contributed by atoms with Gasteiger partial charge in [-0.25, -0.2) is 19.3 Å². The standard InChI is InChI=1S/C24H21FN6O/c1-15-13-31(14-27-15)19-9-8-18(12-21(19)32-3)28-23-22-20(10-11-26-23)30(2)24(29-22)16-4-6-17(25)7-5-16/h4-14H,1-3H3,(H,26,28). The predicted molar refractivity (Wildman–Crippen MR) is 122 cm³/mol. The van der Waals surface area contributed by atoms with Gasteiger partial charge in [0.2, 0.25) is 0 Å². The highest BCUT2D eigenvalue weighted by Crippen LogP contribution is 2.31. The van der Waals surface area contributed by atoms with Crippen LogP contribution in [0.4, 0.5) is 15.9 Å². The highest BCUT2D eigenvalue weighted by atomic mass is 19.1. The van der Waals surface area contributed by atoms with E-state index in [1.165, 1.54) is 12.1 Å². The number of fused-ring (bicyclic) bond motifs is 1. The predicted octanol–water partition coefficient (Wildman–Crippen LogP) is 5.02. The molecule has 32 heavy (non-hydrogen) atoms. The molecule has 0 spiro atoms. The van der Waals surface area contributed by atoms with Crippen molar-refractivity contribution < 1.29 is 9.13 Å². The van der Waals surface area contributed by atoms with E-state index in [0.29, 0.717) is 11.6 Å².